The predicted octanol–water partition coefficient (Wildman–Crippen LogP) is 2.14. The number of hydrogen-bond acceptors (Lipinski definition) is 2. The largest absolute Gasteiger partial charge is 0.378 e. The van der Waals surface area contributed by atoms with E-state index < -0.39 is 0 Å². The van der Waals surface area contributed by atoms with Crippen molar-refractivity contribution in [1.82, 2.24) is 5.32 Å². The smallest absolute Gasteiger partial charge is 0.0643 e. The second-order valence-corrected chi connectivity index (χ2v) is 4.11. The summed E-state index contributed by atoms with van der Waals surface area (Å²) >= 11 is 5.94. The number of aryl methyl sites for hydroxylation is 1. The van der Waals surface area contributed by atoms with E-state index >= 15 is 0 Å². The van der Waals surface area contributed by atoms with Crippen LogP contribution in [0.3, 0.4) is 0 Å². The molecule has 0 bridgehead atoms. The van der Waals surface area contributed by atoms with Gasteiger partial charge < -0.3 is 10.1 Å². The molecule has 0 aromatic heterocycles. The number of halogens is 1. The van der Waals surface area contributed by atoms with Crippen LogP contribution in [0, 0.1) is 6.92 Å². The molecule has 2 nitrogen and oxygen atoms in total. The average molecular weight is 212 g/mol. The lowest BCUT2D eigenvalue weighted by Gasteiger charge is -2.27. The normalized spacial score (nSPS) is 16.7. The van der Waals surface area contributed by atoms with Crippen molar-refractivity contribution < 1.29 is 4.74 Å². The van der Waals surface area contributed by atoms with E-state index in [-0.39, 0.29) is 0 Å². The summed E-state index contributed by atoms with van der Waals surface area (Å²) in [5, 5.41) is 4.25. The fourth-order valence-corrected chi connectivity index (χ4v) is 1.55. The Labute approximate surface area is 89.2 Å². The van der Waals surface area contributed by atoms with E-state index in [0.29, 0.717) is 6.04 Å². The lowest BCUT2D eigenvalue weighted by Crippen LogP contribution is -2.45. The molecular formula is C11H14ClNO. The van der Waals surface area contributed by atoms with E-state index in [9.17, 15) is 0 Å². The van der Waals surface area contributed by atoms with Gasteiger partial charge in [0.25, 0.3) is 0 Å². The summed E-state index contributed by atoms with van der Waals surface area (Å²) in [6, 6.07) is 6.66. The predicted molar refractivity (Wildman–Crippen MR) is 57.6 cm³/mol. The van der Waals surface area contributed by atoms with Gasteiger partial charge in [-0.2, -0.15) is 0 Å². The molecule has 0 amide bonds. The Kier molecular flexibility index (Phi) is 3.06. The third-order valence-electron chi connectivity index (χ3n) is 2.46. The molecule has 1 aliphatic rings. The quantitative estimate of drug-likeness (QED) is 0.827. The van der Waals surface area contributed by atoms with Crippen LogP contribution in [0.4, 0.5) is 0 Å². The molecule has 2 rings (SSSR count). The minimum atomic E-state index is 0.533. The van der Waals surface area contributed by atoms with Crippen LogP contribution < -0.4 is 5.32 Å². The fraction of sp³-hybridized carbons (Fsp3) is 0.455. The molecule has 0 unspecified atom stereocenters. The van der Waals surface area contributed by atoms with E-state index in [0.717, 1.165) is 30.3 Å². The van der Waals surface area contributed by atoms with Gasteiger partial charge in [0.15, 0.2) is 0 Å². The maximum atomic E-state index is 5.94. The summed E-state index contributed by atoms with van der Waals surface area (Å²) in [4.78, 5) is 0. The number of benzene rings is 1. The first-order valence-electron chi connectivity index (χ1n) is 4.82. The summed E-state index contributed by atoms with van der Waals surface area (Å²) in [7, 11) is 0. The van der Waals surface area contributed by atoms with E-state index in [1.54, 1.807) is 0 Å². The van der Waals surface area contributed by atoms with E-state index in [2.05, 4.69) is 17.4 Å². The second kappa shape index (κ2) is 4.30. The molecule has 0 atom stereocenters. The Bertz CT molecular complexity index is 323. The van der Waals surface area contributed by atoms with Gasteiger partial charge in [-0.3, -0.25) is 0 Å². The number of rotatable bonds is 3. The van der Waals surface area contributed by atoms with E-state index in [1.165, 1.54) is 5.56 Å². The molecule has 1 aromatic carbocycles. The van der Waals surface area contributed by atoms with E-state index in [1.807, 2.05) is 13.0 Å². The van der Waals surface area contributed by atoms with Crippen molar-refractivity contribution in [1.29, 1.82) is 0 Å². The van der Waals surface area contributed by atoms with Gasteiger partial charge >= 0.3 is 0 Å². The highest BCUT2D eigenvalue weighted by atomic mass is 35.5. The van der Waals surface area contributed by atoms with Crippen LogP contribution >= 0.6 is 11.6 Å². The topological polar surface area (TPSA) is 21.3 Å². The second-order valence-electron chi connectivity index (χ2n) is 3.70. The number of ether oxygens (including phenoxy) is 1. The Morgan fingerprint density at radius 3 is 2.86 bits per heavy atom. The molecule has 0 spiro atoms. The van der Waals surface area contributed by atoms with Crippen LogP contribution in [0.25, 0.3) is 0 Å². The molecule has 1 aromatic rings. The first-order chi connectivity index (χ1) is 6.75. The average Bonchev–Trinajstić information content (AvgIpc) is 2.08. The SMILES string of the molecule is Cc1cc(CNC2COC2)ccc1Cl. The molecule has 3 heteroatoms. The zero-order valence-corrected chi connectivity index (χ0v) is 8.97. The minimum Gasteiger partial charge on any atom is -0.378 e. The molecule has 14 heavy (non-hydrogen) atoms. The van der Waals surface area contributed by atoms with Crippen LogP contribution in [0.2, 0.25) is 5.02 Å². The summed E-state index contributed by atoms with van der Waals surface area (Å²) in [6.07, 6.45) is 0. The summed E-state index contributed by atoms with van der Waals surface area (Å²) in [6.45, 7) is 4.60. The van der Waals surface area contributed by atoms with Gasteiger partial charge in [0.1, 0.15) is 0 Å². The highest BCUT2D eigenvalue weighted by molar-refractivity contribution is 6.31. The fourth-order valence-electron chi connectivity index (χ4n) is 1.43. The van der Waals surface area contributed by atoms with Crippen LogP contribution in [-0.4, -0.2) is 19.3 Å². The monoisotopic (exact) mass is 211 g/mol. The van der Waals surface area contributed by atoms with Crippen LogP contribution in [-0.2, 0) is 11.3 Å². The van der Waals surface area contributed by atoms with Gasteiger partial charge in [-0.25, -0.2) is 0 Å². The molecule has 0 radical (unpaired) electrons. The first kappa shape index (κ1) is 9.97. The Balaban J connectivity index is 1.91. The van der Waals surface area contributed by atoms with E-state index in [4.69, 9.17) is 16.3 Å². The molecule has 1 fully saturated rings. The maximum absolute atomic E-state index is 5.94. The third-order valence-corrected chi connectivity index (χ3v) is 2.88. The number of hydrogen-bond donors (Lipinski definition) is 1. The summed E-state index contributed by atoms with van der Waals surface area (Å²) < 4.78 is 5.08. The van der Waals surface area contributed by atoms with Crippen LogP contribution in [0.1, 0.15) is 11.1 Å². The summed E-state index contributed by atoms with van der Waals surface area (Å²) in [5.41, 5.74) is 2.41. The van der Waals surface area contributed by atoms with Gasteiger partial charge in [0, 0.05) is 11.6 Å². The number of nitrogens with one attached hydrogen (secondary N) is 1. The minimum absolute atomic E-state index is 0.533. The van der Waals surface area contributed by atoms with Gasteiger partial charge in [0.05, 0.1) is 19.3 Å². The standard InChI is InChI=1S/C11H14ClNO/c1-8-4-9(2-3-11(8)12)5-13-10-6-14-7-10/h2-4,10,13H,5-7H2,1H3. The van der Waals surface area contributed by atoms with Gasteiger partial charge in [-0.1, -0.05) is 23.7 Å². The molecule has 1 N–H and O–H groups in total. The van der Waals surface area contributed by atoms with Gasteiger partial charge in [-0.05, 0) is 24.1 Å². The molecule has 1 saturated heterocycles. The zero-order chi connectivity index (χ0) is 9.97. The van der Waals surface area contributed by atoms with Gasteiger partial charge in [-0.15, -0.1) is 0 Å². The third kappa shape index (κ3) is 2.27. The highest BCUT2D eigenvalue weighted by Gasteiger charge is 2.16. The Morgan fingerprint density at radius 2 is 2.29 bits per heavy atom. The van der Waals surface area contributed by atoms with Crippen molar-refractivity contribution in [3.63, 3.8) is 0 Å². The molecular weight excluding hydrogens is 198 g/mol. The molecule has 76 valence electrons. The Morgan fingerprint density at radius 1 is 1.50 bits per heavy atom. The first-order valence-corrected chi connectivity index (χ1v) is 5.19. The summed E-state index contributed by atoms with van der Waals surface area (Å²) in [5.74, 6) is 0. The van der Waals surface area contributed by atoms with Crippen LogP contribution in [0.15, 0.2) is 18.2 Å². The van der Waals surface area contributed by atoms with Crippen molar-refractivity contribution in [3.05, 3.63) is 34.3 Å². The molecule has 1 heterocycles. The highest BCUT2D eigenvalue weighted by Crippen LogP contribution is 2.16. The van der Waals surface area contributed by atoms with Crippen molar-refractivity contribution in [2.24, 2.45) is 0 Å². The van der Waals surface area contributed by atoms with Gasteiger partial charge in [0.2, 0.25) is 0 Å². The zero-order valence-electron chi connectivity index (χ0n) is 8.22. The maximum Gasteiger partial charge on any atom is 0.0643 e. The van der Waals surface area contributed by atoms with Crippen molar-refractivity contribution in [3.8, 4) is 0 Å². The lowest BCUT2D eigenvalue weighted by molar-refractivity contribution is -0.00578. The molecule has 0 aliphatic carbocycles. The molecule has 1 aliphatic heterocycles. The molecule has 0 saturated carbocycles. The van der Waals surface area contributed by atoms with Crippen molar-refractivity contribution >= 4 is 11.6 Å². The van der Waals surface area contributed by atoms with Crippen LogP contribution in [0.5, 0.6) is 0 Å². The van der Waals surface area contributed by atoms with Crippen molar-refractivity contribution in [2.75, 3.05) is 13.2 Å². The Hall–Kier alpha value is -0.570. The van der Waals surface area contributed by atoms with Crippen molar-refractivity contribution in [2.45, 2.75) is 19.5 Å². The lowest BCUT2D eigenvalue weighted by atomic mass is 10.1.